The Bertz CT molecular complexity index is 1760. The fourth-order valence-corrected chi connectivity index (χ4v) is 6.33. The number of rotatable bonds is 26. The van der Waals surface area contributed by atoms with Gasteiger partial charge in [0.15, 0.2) is 0 Å². The van der Waals surface area contributed by atoms with Gasteiger partial charge in [0.05, 0.1) is 19.4 Å². The summed E-state index contributed by atoms with van der Waals surface area (Å²) in [5.74, 6) is -7.74. The number of benzene rings is 2. The van der Waals surface area contributed by atoms with Crippen molar-refractivity contribution in [2.45, 2.75) is 89.0 Å². The molecule has 0 aromatic heterocycles. The summed E-state index contributed by atoms with van der Waals surface area (Å²) in [6.07, 6.45) is 0.224. The highest BCUT2D eigenvalue weighted by Gasteiger charge is 2.35. The molecule has 2 rings (SSSR count). The molecule has 0 saturated heterocycles. The van der Waals surface area contributed by atoms with Crippen molar-refractivity contribution in [1.29, 1.82) is 0 Å². The van der Waals surface area contributed by atoms with Gasteiger partial charge in [-0.3, -0.25) is 43.2 Å². The van der Waals surface area contributed by atoms with Crippen molar-refractivity contribution in [2.24, 2.45) is 11.7 Å². The second-order valence-electron chi connectivity index (χ2n) is 14.2. The highest BCUT2D eigenvalue weighted by atomic mass is 32.2. The van der Waals surface area contributed by atoms with Crippen LogP contribution in [0.3, 0.4) is 0 Å². The Balaban J connectivity index is 2.36. The maximum absolute atomic E-state index is 14.3. The van der Waals surface area contributed by atoms with E-state index in [-0.39, 0.29) is 25.2 Å². The van der Waals surface area contributed by atoms with Gasteiger partial charge >= 0.3 is 11.9 Å². The van der Waals surface area contributed by atoms with Crippen molar-refractivity contribution in [3.8, 4) is 0 Å². The third kappa shape index (κ3) is 18.4. The van der Waals surface area contributed by atoms with E-state index in [2.05, 4.69) is 26.6 Å². The number of hydrogen-bond acceptors (Lipinski definition) is 10. The molecule has 0 aliphatic rings. The maximum atomic E-state index is 14.3. The standard InChI is InChI=1S/C40H55N7O11S/c1-24(2)19-28(37(55)45-27(36(41)54)17-18-59-4)44-33(49)23-42-39(57)31(21-26-13-9-6-10-14-26)47(3)40(58)30(20-25-11-7-5-8-12-25)46-38(56)29(22-35(52)53)43-32(48)15-16-34(50)51/h5-14,24,27-31H,15-23H2,1-4H3,(H2,41,54)(H,42,57)(H,43,48)(H,44,49)(H,45,55)(H,46,56)(H,50,51)(H,52,53)/t27-,28-,29-,30-,31+/m0/s1. The molecule has 2 aromatic carbocycles. The number of hydrogen-bond donors (Lipinski definition) is 8. The number of primary amides is 1. The molecule has 0 saturated carbocycles. The van der Waals surface area contributed by atoms with Crippen molar-refractivity contribution in [3.63, 3.8) is 0 Å². The predicted octanol–water partition coefficient (Wildman–Crippen LogP) is -0.0218. The molecule has 0 aliphatic carbocycles. The molecule has 5 atom stereocenters. The number of carbonyl (C=O) groups is 9. The van der Waals surface area contributed by atoms with E-state index in [0.29, 0.717) is 23.3 Å². The molecular weight excluding hydrogens is 787 g/mol. The van der Waals surface area contributed by atoms with Gasteiger partial charge < -0.3 is 47.4 Å². The lowest BCUT2D eigenvalue weighted by Crippen LogP contribution is -2.59. The molecule has 0 radical (unpaired) electrons. The van der Waals surface area contributed by atoms with Crippen molar-refractivity contribution < 1.29 is 53.4 Å². The normalized spacial score (nSPS) is 13.4. The summed E-state index contributed by atoms with van der Waals surface area (Å²) in [6, 6.07) is 10.8. The number of likely N-dealkylation sites (N-methyl/N-ethyl adjacent to an activating group) is 1. The molecule has 322 valence electrons. The number of aliphatic carboxylic acids is 2. The van der Waals surface area contributed by atoms with Crippen molar-refractivity contribution in [2.75, 3.05) is 25.6 Å². The third-order valence-corrected chi connectivity index (χ3v) is 9.58. The van der Waals surface area contributed by atoms with Crippen LogP contribution in [-0.4, -0.2) is 124 Å². The zero-order chi connectivity index (χ0) is 44.1. The van der Waals surface area contributed by atoms with Crippen molar-refractivity contribution in [1.82, 2.24) is 31.5 Å². The van der Waals surface area contributed by atoms with Crippen LogP contribution < -0.4 is 32.3 Å². The van der Waals surface area contributed by atoms with Gasteiger partial charge in [0.25, 0.3) is 0 Å². The Morgan fingerprint density at radius 2 is 1.22 bits per heavy atom. The van der Waals surface area contributed by atoms with Crippen LogP contribution in [0.1, 0.15) is 57.1 Å². The number of nitrogens with zero attached hydrogens (tertiary/aromatic N) is 1. The molecule has 19 heteroatoms. The van der Waals surface area contributed by atoms with Crippen LogP contribution in [0.25, 0.3) is 0 Å². The largest absolute Gasteiger partial charge is 0.481 e. The van der Waals surface area contributed by atoms with Gasteiger partial charge in [-0.15, -0.1) is 0 Å². The van der Waals surface area contributed by atoms with Crippen molar-refractivity contribution in [3.05, 3.63) is 71.8 Å². The minimum atomic E-state index is -1.68. The van der Waals surface area contributed by atoms with Crippen LogP contribution in [0.4, 0.5) is 0 Å². The van der Waals surface area contributed by atoms with Gasteiger partial charge in [-0.25, -0.2) is 0 Å². The highest BCUT2D eigenvalue weighted by molar-refractivity contribution is 7.98. The Labute approximate surface area is 347 Å². The molecule has 0 unspecified atom stereocenters. The Morgan fingerprint density at radius 3 is 1.75 bits per heavy atom. The second kappa shape index (κ2) is 25.4. The molecule has 18 nitrogen and oxygen atoms in total. The lowest BCUT2D eigenvalue weighted by atomic mass is 10.0. The van der Waals surface area contributed by atoms with Crippen LogP contribution >= 0.6 is 11.8 Å². The molecular formula is C40H55N7O11S. The predicted molar refractivity (Wildman–Crippen MR) is 218 cm³/mol. The fraction of sp³-hybridized carbons (Fsp3) is 0.475. The SMILES string of the molecule is CSCC[C@H](NC(=O)[C@H](CC(C)C)NC(=O)CNC(=O)[C@@H](Cc1ccccc1)N(C)C(=O)[C@H](Cc1ccccc1)NC(=O)[C@H](CC(=O)O)NC(=O)CCC(=O)O)C(N)=O. The number of carboxylic acid groups (broad SMARTS) is 2. The van der Waals surface area contributed by atoms with Gasteiger partial charge in [-0.1, -0.05) is 74.5 Å². The average molecular weight is 842 g/mol. The summed E-state index contributed by atoms with van der Waals surface area (Å²) in [7, 11) is 1.33. The molecule has 0 aliphatic heterocycles. The van der Waals surface area contributed by atoms with Gasteiger partial charge in [-0.05, 0) is 41.9 Å². The van der Waals surface area contributed by atoms with Gasteiger partial charge in [0.1, 0.15) is 30.2 Å². The van der Waals surface area contributed by atoms with Crippen LogP contribution in [-0.2, 0) is 56.0 Å². The minimum absolute atomic E-state index is 0.0350. The number of thioether (sulfide) groups is 1. The van der Waals surface area contributed by atoms with E-state index >= 15 is 0 Å². The Kier molecular flexibility index (Phi) is 21.2. The summed E-state index contributed by atoms with van der Waals surface area (Å²) < 4.78 is 0. The fourth-order valence-electron chi connectivity index (χ4n) is 5.86. The van der Waals surface area contributed by atoms with E-state index in [4.69, 9.17) is 10.8 Å². The van der Waals surface area contributed by atoms with Gasteiger partial charge in [-0.2, -0.15) is 11.8 Å². The van der Waals surface area contributed by atoms with Crippen LogP contribution in [0.2, 0.25) is 0 Å². The Morgan fingerprint density at radius 1 is 0.678 bits per heavy atom. The van der Waals surface area contributed by atoms with E-state index < -0.39 is 109 Å². The molecule has 2 aromatic rings. The minimum Gasteiger partial charge on any atom is -0.481 e. The smallest absolute Gasteiger partial charge is 0.305 e. The molecule has 0 bridgehead atoms. The lowest BCUT2D eigenvalue weighted by Gasteiger charge is -2.32. The van der Waals surface area contributed by atoms with E-state index in [0.717, 1.165) is 4.90 Å². The molecule has 7 amide bonds. The first-order chi connectivity index (χ1) is 27.9. The van der Waals surface area contributed by atoms with Gasteiger partial charge in [0.2, 0.25) is 41.4 Å². The van der Waals surface area contributed by atoms with Crippen LogP contribution in [0, 0.1) is 5.92 Å². The van der Waals surface area contributed by atoms with Crippen LogP contribution in [0.5, 0.6) is 0 Å². The summed E-state index contributed by atoms with van der Waals surface area (Å²) in [4.78, 5) is 116. The maximum Gasteiger partial charge on any atom is 0.305 e. The number of carbonyl (C=O) groups excluding carboxylic acids is 7. The first-order valence-corrected chi connectivity index (χ1v) is 20.3. The summed E-state index contributed by atoms with van der Waals surface area (Å²) in [5, 5.41) is 30.9. The number of carboxylic acids is 2. The van der Waals surface area contributed by atoms with E-state index in [9.17, 15) is 48.3 Å². The molecule has 0 heterocycles. The number of nitrogens with two attached hydrogens (primary N) is 1. The first kappa shape index (κ1) is 49.2. The first-order valence-electron chi connectivity index (χ1n) is 18.9. The summed E-state index contributed by atoms with van der Waals surface area (Å²) in [6.45, 7) is 3.09. The monoisotopic (exact) mass is 841 g/mol. The molecule has 0 spiro atoms. The zero-order valence-corrected chi connectivity index (χ0v) is 34.4. The van der Waals surface area contributed by atoms with Crippen LogP contribution in [0.15, 0.2) is 60.7 Å². The average Bonchev–Trinajstić information content (AvgIpc) is 3.18. The topological polar surface area (TPSA) is 283 Å². The van der Waals surface area contributed by atoms with E-state index in [1.165, 1.54) is 18.8 Å². The number of nitrogens with one attached hydrogen (secondary N) is 5. The third-order valence-electron chi connectivity index (χ3n) is 8.94. The zero-order valence-electron chi connectivity index (χ0n) is 33.6. The number of amides is 7. The van der Waals surface area contributed by atoms with E-state index in [1.54, 1.807) is 60.7 Å². The van der Waals surface area contributed by atoms with Gasteiger partial charge in [0, 0.05) is 26.3 Å². The molecule has 9 N–H and O–H groups in total. The lowest BCUT2D eigenvalue weighted by molar-refractivity contribution is -0.144. The van der Waals surface area contributed by atoms with E-state index in [1.807, 2.05) is 20.1 Å². The highest BCUT2D eigenvalue weighted by Crippen LogP contribution is 2.14. The summed E-state index contributed by atoms with van der Waals surface area (Å²) >= 11 is 1.47. The Hall–Kier alpha value is -5.98. The van der Waals surface area contributed by atoms with Crippen molar-refractivity contribution >= 4 is 65.1 Å². The quantitative estimate of drug-likeness (QED) is 0.0621. The molecule has 59 heavy (non-hydrogen) atoms. The summed E-state index contributed by atoms with van der Waals surface area (Å²) in [5.41, 5.74) is 6.72. The molecule has 0 fully saturated rings. The second-order valence-corrected chi connectivity index (χ2v) is 15.2.